The van der Waals surface area contributed by atoms with Gasteiger partial charge in [-0.2, -0.15) is 0 Å². The van der Waals surface area contributed by atoms with E-state index < -0.39 is 0 Å². The van der Waals surface area contributed by atoms with Gasteiger partial charge in [-0.15, -0.1) is 0 Å². The number of hydrogen-bond acceptors (Lipinski definition) is 0. The molecule has 2 aromatic carbocycles. The highest BCUT2D eigenvalue weighted by molar-refractivity contribution is 6.46. The Hall–Kier alpha value is -0.110. The monoisotopic (exact) mass is 324 g/mol. The normalized spacial score (nSPS) is 10.6. The van der Waals surface area contributed by atoms with Gasteiger partial charge in [-0.05, 0) is 35.9 Å². The summed E-state index contributed by atoms with van der Waals surface area (Å²) in [6.45, 7) is 0. The Balaban J connectivity index is 2.72. The van der Waals surface area contributed by atoms with E-state index >= 15 is 0 Å². The van der Waals surface area contributed by atoms with Gasteiger partial charge in [0.25, 0.3) is 0 Å². The minimum Gasteiger partial charge on any atom is -0.0843 e. The van der Waals surface area contributed by atoms with E-state index in [-0.39, 0.29) is 0 Å². The lowest BCUT2D eigenvalue weighted by Crippen LogP contribution is -1.83. The standard InChI is InChI=1S/C12H5Cl5/c13-7-3-6(4-8(14)5-7)11-9(15)1-2-10(16)12(11)17/h1-5H. The maximum absolute atomic E-state index is 6.14. The van der Waals surface area contributed by atoms with Crippen LogP contribution in [0.1, 0.15) is 0 Å². The SMILES string of the molecule is Clc1cc(Cl)cc(-c2c(Cl)ccc(Cl)c2Cl)c1. The quantitative estimate of drug-likeness (QED) is 0.517. The highest BCUT2D eigenvalue weighted by atomic mass is 35.5. The predicted molar refractivity (Wildman–Crippen MR) is 76.9 cm³/mol. The summed E-state index contributed by atoms with van der Waals surface area (Å²) in [4.78, 5) is 0. The average molecular weight is 326 g/mol. The molecule has 0 aliphatic carbocycles. The van der Waals surface area contributed by atoms with Crippen LogP contribution in [0.4, 0.5) is 0 Å². The molecule has 2 aromatic rings. The van der Waals surface area contributed by atoms with Crippen molar-refractivity contribution in [3.8, 4) is 11.1 Å². The molecule has 0 saturated carbocycles. The summed E-state index contributed by atoms with van der Waals surface area (Å²) in [6, 6.07) is 8.43. The summed E-state index contributed by atoms with van der Waals surface area (Å²) in [6.07, 6.45) is 0. The van der Waals surface area contributed by atoms with Crippen molar-refractivity contribution in [2.75, 3.05) is 0 Å². The van der Waals surface area contributed by atoms with Gasteiger partial charge in [0.2, 0.25) is 0 Å². The van der Waals surface area contributed by atoms with Gasteiger partial charge < -0.3 is 0 Å². The number of rotatable bonds is 1. The summed E-state index contributed by atoms with van der Waals surface area (Å²) < 4.78 is 0. The molecular weight excluding hydrogens is 321 g/mol. The van der Waals surface area contributed by atoms with Crippen molar-refractivity contribution in [1.82, 2.24) is 0 Å². The van der Waals surface area contributed by atoms with Crippen molar-refractivity contribution in [2.24, 2.45) is 0 Å². The summed E-state index contributed by atoms with van der Waals surface area (Å²) >= 11 is 30.1. The minimum absolute atomic E-state index is 0.387. The molecule has 0 heterocycles. The first-order chi connectivity index (χ1) is 7.99. The van der Waals surface area contributed by atoms with E-state index in [2.05, 4.69) is 0 Å². The molecule has 17 heavy (non-hydrogen) atoms. The van der Waals surface area contributed by atoms with Gasteiger partial charge in [0.05, 0.1) is 10.0 Å². The Morgan fingerprint density at radius 3 is 1.76 bits per heavy atom. The lowest BCUT2D eigenvalue weighted by molar-refractivity contribution is 1.61. The molecule has 0 aliphatic rings. The zero-order valence-electron chi connectivity index (χ0n) is 8.28. The zero-order chi connectivity index (χ0) is 12.6. The highest BCUT2D eigenvalue weighted by Crippen LogP contribution is 2.40. The second kappa shape index (κ2) is 5.26. The molecule has 0 radical (unpaired) electrons. The fourth-order valence-electron chi connectivity index (χ4n) is 1.49. The molecule has 0 nitrogen and oxygen atoms in total. The van der Waals surface area contributed by atoms with Crippen molar-refractivity contribution in [3.05, 3.63) is 55.4 Å². The van der Waals surface area contributed by atoms with Gasteiger partial charge in [-0.3, -0.25) is 0 Å². The Bertz CT molecular complexity index is 557. The van der Waals surface area contributed by atoms with Gasteiger partial charge in [-0.25, -0.2) is 0 Å². The van der Waals surface area contributed by atoms with Crippen molar-refractivity contribution >= 4 is 58.0 Å². The third-order valence-corrected chi connectivity index (χ3v) is 3.75. The molecule has 0 fully saturated rings. The Kier molecular flexibility index (Phi) is 4.12. The summed E-state index contributed by atoms with van der Waals surface area (Å²) in [5.41, 5.74) is 1.37. The van der Waals surface area contributed by atoms with Crippen LogP contribution in [0.3, 0.4) is 0 Å². The van der Waals surface area contributed by atoms with Crippen molar-refractivity contribution in [3.63, 3.8) is 0 Å². The molecule has 0 amide bonds. The second-order valence-electron chi connectivity index (χ2n) is 3.38. The largest absolute Gasteiger partial charge is 0.0843 e. The third kappa shape index (κ3) is 2.83. The molecule has 0 unspecified atom stereocenters. The fourth-order valence-corrected chi connectivity index (χ4v) is 2.76. The Morgan fingerprint density at radius 2 is 1.18 bits per heavy atom. The van der Waals surface area contributed by atoms with Crippen LogP contribution in [-0.2, 0) is 0 Å². The Labute approximate surface area is 124 Å². The van der Waals surface area contributed by atoms with E-state index in [1.807, 2.05) is 0 Å². The van der Waals surface area contributed by atoms with E-state index in [9.17, 15) is 0 Å². The first-order valence-electron chi connectivity index (χ1n) is 4.59. The van der Waals surface area contributed by atoms with Gasteiger partial charge in [0, 0.05) is 20.6 Å². The second-order valence-corrected chi connectivity index (χ2v) is 5.44. The van der Waals surface area contributed by atoms with Crippen LogP contribution in [0.2, 0.25) is 25.1 Å². The maximum atomic E-state index is 6.14. The molecule has 88 valence electrons. The molecule has 2 rings (SSSR count). The number of hydrogen-bond donors (Lipinski definition) is 0. The van der Waals surface area contributed by atoms with Crippen LogP contribution in [-0.4, -0.2) is 0 Å². The molecule has 0 N–H and O–H groups in total. The van der Waals surface area contributed by atoms with Gasteiger partial charge in [0.15, 0.2) is 0 Å². The van der Waals surface area contributed by atoms with Gasteiger partial charge in [-0.1, -0.05) is 58.0 Å². The summed E-state index contributed by atoms with van der Waals surface area (Å²) in [5.74, 6) is 0. The molecule has 0 bridgehead atoms. The lowest BCUT2D eigenvalue weighted by Gasteiger charge is -2.09. The Morgan fingerprint density at radius 1 is 0.647 bits per heavy atom. The van der Waals surface area contributed by atoms with E-state index in [0.717, 1.165) is 5.56 Å². The molecule has 0 saturated heterocycles. The molecule has 0 aliphatic heterocycles. The first-order valence-corrected chi connectivity index (χ1v) is 6.48. The smallest absolute Gasteiger partial charge is 0.0685 e. The van der Waals surface area contributed by atoms with Crippen molar-refractivity contribution < 1.29 is 0 Å². The van der Waals surface area contributed by atoms with Crippen LogP contribution < -0.4 is 0 Å². The van der Waals surface area contributed by atoms with Gasteiger partial charge >= 0.3 is 0 Å². The summed E-state index contributed by atoms with van der Waals surface area (Å²) in [5, 5.41) is 2.34. The maximum Gasteiger partial charge on any atom is 0.0685 e. The summed E-state index contributed by atoms with van der Waals surface area (Å²) in [7, 11) is 0. The number of halogens is 5. The molecule has 0 aromatic heterocycles. The third-order valence-electron chi connectivity index (χ3n) is 2.20. The first kappa shape index (κ1) is 13.3. The zero-order valence-corrected chi connectivity index (χ0v) is 12.1. The van der Waals surface area contributed by atoms with Crippen LogP contribution in [0.15, 0.2) is 30.3 Å². The van der Waals surface area contributed by atoms with Crippen molar-refractivity contribution in [1.29, 1.82) is 0 Å². The van der Waals surface area contributed by atoms with E-state index in [4.69, 9.17) is 58.0 Å². The van der Waals surface area contributed by atoms with Crippen LogP contribution >= 0.6 is 58.0 Å². The fraction of sp³-hybridized carbons (Fsp3) is 0. The average Bonchev–Trinajstić information content (AvgIpc) is 2.23. The molecular formula is C12H5Cl5. The van der Waals surface area contributed by atoms with E-state index in [1.165, 1.54) is 0 Å². The predicted octanol–water partition coefficient (Wildman–Crippen LogP) is 6.62. The lowest BCUT2D eigenvalue weighted by atomic mass is 10.1. The van der Waals surface area contributed by atoms with E-state index in [1.54, 1.807) is 30.3 Å². The number of benzene rings is 2. The van der Waals surface area contributed by atoms with E-state index in [0.29, 0.717) is 30.7 Å². The molecule has 0 spiro atoms. The van der Waals surface area contributed by atoms with Crippen molar-refractivity contribution in [2.45, 2.75) is 0 Å². The van der Waals surface area contributed by atoms with Crippen LogP contribution in [0.5, 0.6) is 0 Å². The van der Waals surface area contributed by atoms with Gasteiger partial charge in [0.1, 0.15) is 0 Å². The highest BCUT2D eigenvalue weighted by Gasteiger charge is 2.12. The van der Waals surface area contributed by atoms with Crippen LogP contribution in [0, 0.1) is 0 Å². The molecule has 0 atom stereocenters. The topological polar surface area (TPSA) is 0 Å². The van der Waals surface area contributed by atoms with Crippen LogP contribution in [0.25, 0.3) is 11.1 Å². The minimum atomic E-state index is 0.387. The molecule has 5 heteroatoms.